The molecule has 2 unspecified atom stereocenters. The number of halogens is 4. The van der Waals surface area contributed by atoms with Crippen molar-refractivity contribution < 1.29 is 27.0 Å². The second-order valence-electron chi connectivity index (χ2n) is 10.5. The van der Waals surface area contributed by atoms with Crippen molar-refractivity contribution in [1.82, 2.24) is 0 Å². The van der Waals surface area contributed by atoms with E-state index in [1.807, 2.05) is 6.92 Å². The minimum absolute atomic E-state index is 0.0422. The molecule has 3 aromatic rings. The van der Waals surface area contributed by atoms with Crippen LogP contribution in [0.15, 0.2) is 36.4 Å². The molecule has 1 aliphatic carbocycles. The maximum Gasteiger partial charge on any atom is 0.168 e. The second-order valence-corrected chi connectivity index (χ2v) is 10.5. The SMILES string of the molecule is CCCCCC1CCC(COc2ccc(-c3cc4c(c(F)c3F)-c3c-4ccc(CCC)c3F)cc2F)CO1. The summed E-state index contributed by atoms with van der Waals surface area (Å²) in [7, 11) is 0. The summed E-state index contributed by atoms with van der Waals surface area (Å²) in [5.74, 6) is -3.10. The highest BCUT2D eigenvalue weighted by Gasteiger charge is 2.34. The molecule has 1 heterocycles. The van der Waals surface area contributed by atoms with Gasteiger partial charge in [0.1, 0.15) is 5.82 Å². The molecule has 0 saturated carbocycles. The third kappa shape index (κ3) is 5.07. The number of aryl methyl sites for hydroxylation is 1. The first-order valence-electron chi connectivity index (χ1n) is 13.8. The molecule has 0 radical (unpaired) electrons. The third-order valence-corrected chi connectivity index (χ3v) is 7.80. The molecule has 2 atom stereocenters. The van der Waals surface area contributed by atoms with Gasteiger partial charge in [-0.05, 0) is 66.1 Å². The van der Waals surface area contributed by atoms with Gasteiger partial charge in [-0.1, -0.05) is 57.7 Å². The molecule has 2 nitrogen and oxygen atoms in total. The molecule has 0 amide bonds. The largest absolute Gasteiger partial charge is 0.490 e. The number of unbranched alkanes of at least 4 members (excludes halogenated alkanes) is 2. The summed E-state index contributed by atoms with van der Waals surface area (Å²) >= 11 is 0. The van der Waals surface area contributed by atoms with Crippen molar-refractivity contribution in [2.45, 2.75) is 71.3 Å². The van der Waals surface area contributed by atoms with E-state index in [0.717, 1.165) is 31.7 Å². The van der Waals surface area contributed by atoms with E-state index in [2.05, 4.69) is 6.92 Å². The number of hydrogen-bond donors (Lipinski definition) is 0. The predicted octanol–water partition coefficient (Wildman–Crippen LogP) is 9.26. The Hall–Kier alpha value is -2.86. The molecule has 0 bridgehead atoms. The average molecular weight is 527 g/mol. The van der Waals surface area contributed by atoms with E-state index in [-0.39, 0.29) is 33.9 Å². The molecule has 3 aromatic carbocycles. The van der Waals surface area contributed by atoms with Crippen LogP contribution < -0.4 is 4.74 Å². The van der Waals surface area contributed by atoms with Crippen LogP contribution in [0, 0.1) is 29.2 Å². The van der Waals surface area contributed by atoms with Crippen molar-refractivity contribution in [2.24, 2.45) is 5.92 Å². The van der Waals surface area contributed by atoms with Crippen molar-refractivity contribution in [3.8, 4) is 39.1 Å². The van der Waals surface area contributed by atoms with Crippen LogP contribution in [0.4, 0.5) is 17.6 Å². The molecule has 5 rings (SSSR count). The van der Waals surface area contributed by atoms with Crippen LogP contribution >= 0.6 is 0 Å². The minimum atomic E-state index is -1.12. The smallest absolute Gasteiger partial charge is 0.168 e. The van der Waals surface area contributed by atoms with Crippen LogP contribution in [0.5, 0.6) is 5.75 Å². The summed E-state index contributed by atoms with van der Waals surface area (Å²) in [6.45, 7) is 5.05. The van der Waals surface area contributed by atoms with E-state index in [1.165, 1.54) is 37.5 Å². The normalized spacial score (nSPS) is 18.1. The first-order valence-corrected chi connectivity index (χ1v) is 13.8. The predicted molar refractivity (Wildman–Crippen MR) is 142 cm³/mol. The maximum absolute atomic E-state index is 15.1. The molecule has 38 heavy (non-hydrogen) atoms. The van der Waals surface area contributed by atoms with E-state index < -0.39 is 23.3 Å². The molecule has 1 saturated heterocycles. The van der Waals surface area contributed by atoms with Crippen LogP contribution in [0.2, 0.25) is 0 Å². The Morgan fingerprint density at radius 3 is 2.34 bits per heavy atom. The highest BCUT2D eigenvalue weighted by Crippen LogP contribution is 2.52. The van der Waals surface area contributed by atoms with Crippen LogP contribution in [0.3, 0.4) is 0 Å². The molecule has 6 heteroatoms. The Morgan fingerprint density at radius 1 is 0.816 bits per heavy atom. The Labute approximate surface area is 222 Å². The zero-order chi connectivity index (χ0) is 26.8. The molecule has 1 fully saturated rings. The molecule has 0 aromatic heterocycles. The Balaban J connectivity index is 1.28. The van der Waals surface area contributed by atoms with Gasteiger partial charge in [-0.2, -0.15) is 0 Å². The van der Waals surface area contributed by atoms with E-state index in [9.17, 15) is 8.78 Å². The van der Waals surface area contributed by atoms with Crippen molar-refractivity contribution in [2.75, 3.05) is 13.2 Å². The van der Waals surface area contributed by atoms with E-state index in [0.29, 0.717) is 42.4 Å². The summed E-state index contributed by atoms with van der Waals surface area (Å²) in [6.07, 6.45) is 8.19. The average Bonchev–Trinajstić information content (AvgIpc) is 2.90. The van der Waals surface area contributed by atoms with Crippen LogP contribution in [-0.4, -0.2) is 19.3 Å². The summed E-state index contributed by atoms with van der Waals surface area (Å²) in [5.41, 5.74) is 1.68. The lowest BCUT2D eigenvalue weighted by Crippen LogP contribution is -2.29. The van der Waals surface area contributed by atoms with Gasteiger partial charge in [0, 0.05) is 22.6 Å². The number of hydrogen-bond acceptors (Lipinski definition) is 2. The lowest BCUT2D eigenvalue weighted by atomic mass is 9.77. The molecule has 0 N–H and O–H groups in total. The quantitative estimate of drug-likeness (QED) is 0.151. The van der Waals surface area contributed by atoms with Crippen molar-refractivity contribution >= 4 is 0 Å². The molecule has 2 aliphatic rings. The van der Waals surface area contributed by atoms with E-state index in [4.69, 9.17) is 9.47 Å². The standard InChI is InChI=1S/C32H34F4O2/c1-3-5-6-8-22-12-9-19(17-37-22)18-38-27-14-11-21(15-26(27)33)24-16-25-23-13-10-20(7-4-2)30(34)28(23)29(25)32(36)31(24)35/h10-11,13-16,19,22H,3-9,12,17-18H2,1-2H3. The van der Waals surface area contributed by atoms with Gasteiger partial charge in [-0.25, -0.2) is 17.6 Å². The van der Waals surface area contributed by atoms with Crippen molar-refractivity contribution in [3.05, 3.63) is 65.2 Å². The zero-order valence-electron chi connectivity index (χ0n) is 22.0. The molecular formula is C32H34F4O2. The number of fused-ring (bicyclic) bond motifs is 4. The van der Waals surface area contributed by atoms with Crippen molar-refractivity contribution in [3.63, 3.8) is 0 Å². The van der Waals surface area contributed by atoms with Crippen LogP contribution in [-0.2, 0) is 11.2 Å². The highest BCUT2D eigenvalue weighted by atomic mass is 19.2. The fraction of sp³-hybridized carbons (Fsp3) is 0.438. The Bertz CT molecular complexity index is 1310. The van der Waals surface area contributed by atoms with Gasteiger partial charge in [0.2, 0.25) is 0 Å². The van der Waals surface area contributed by atoms with Crippen LogP contribution in [0.25, 0.3) is 33.4 Å². The topological polar surface area (TPSA) is 18.5 Å². The molecule has 0 spiro atoms. The fourth-order valence-corrected chi connectivity index (χ4v) is 5.62. The maximum atomic E-state index is 15.1. The van der Waals surface area contributed by atoms with Gasteiger partial charge in [-0.15, -0.1) is 0 Å². The van der Waals surface area contributed by atoms with E-state index >= 15 is 8.78 Å². The number of ether oxygens (including phenoxy) is 2. The zero-order valence-corrected chi connectivity index (χ0v) is 22.0. The van der Waals surface area contributed by atoms with E-state index in [1.54, 1.807) is 12.1 Å². The highest BCUT2D eigenvalue weighted by molar-refractivity contribution is 6.04. The number of rotatable bonds is 10. The first kappa shape index (κ1) is 26.7. The summed E-state index contributed by atoms with van der Waals surface area (Å²) in [5, 5.41) is 0. The van der Waals surface area contributed by atoms with Gasteiger partial charge >= 0.3 is 0 Å². The summed E-state index contributed by atoms with van der Waals surface area (Å²) in [6, 6.07) is 9.04. The lowest BCUT2D eigenvalue weighted by Gasteiger charge is -2.29. The third-order valence-electron chi connectivity index (χ3n) is 7.80. The molecule has 202 valence electrons. The molecular weight excluding hydrogens is 492 g/mol. The fourth-order valence-electron chi connectivity index (χ4n) is 5.62. The van der Waals surface area contributed by atoms with Gasteiger partial charge in [0.15, 0.2) is 23.2 Å². The first-order chi connectivity index (χ1) is 18.4. The monoisotopic (exact) mass is 526 g/mol. The Morgan fingerprint density at radius 2 is 1.63 bits per heavy atom. The Kier molecular flexibility index (Phi) is 8.08. The minimum Gasteiger partial charge on any atom is -0.490 e. The second kappa shape index (κ2) is 11.5. The number of benzene rings is 3. The van der Waals surface area contributed by atoms with Gasteiger partial charge in [-0.3, -0.25) is 0 Å². The summed E-state index contributed by atoms with van der Waals surface area (Å²) in [4.78, 5) is 0. The van der Waals surface area contributed by atoms with Crippen LogP contribution in [0.1, 0.15) is 64.4 Å². The van der Waals surface area contributed by atoms with Gasteiger partial charge < -0.3 is 9.47 Å². The lowest BCUT2D eigenvalue weighted by molar-refractivity contribution is -0.0317. The van der Waals surface area contributed by atoms with Crippen molar-refractivity contribution in [1.29, 1.82) is 0 Å². The summed E-state index contributed by atoms with van der Waals surface area (Å²) < 4.78 is 71.8. The van der Waals surface area contributed by atoms with Gasteiger partial charge in [0.25, 0.3) is 0 Å². The molecule has 1 aliphatic heterocycles. The van der Waals surface area contributed by atoms with Gasteiger partial charge in [0.05, 0.1) is 19.3 Å².